The minimum Gasteiger partial charge on any atom is -0.480 e. The number of carbonyl (C=O) groups is 3. The molecule has 0 aliphatic rings. The van der Waals surface area contributed by atoms with Crippen molar-refractivity contribution in [3.8, 4) is 0 Å². The van der Waals surface area contributed by atoms with Crippen LogP contribution in [0.5, 0.6) is 0 Å². The van der Waals surface area contributed by atoms with Crippen LogP contribution in [-0.2, 0) is 4.79 Å². The van der Waals surface area contributed by atoms with Crippen molar-refractivity contribution in [1.29, 1.82) is 0 Å². The van der Waals surface area contributed by atoms with Crippen molar-refractivity contribution in [2.75, 3.05) is 6.54 Å². The van der Waals surface area contributed by atoms with Crippen LogP contribution in [0.25, 0.3) is 0 Å². The number of ketones is 1. The molecule has 0 aliphatic carbocycles. The van der Waals surface area contributed by atoms with Crippen molar-refractivity contribution >= 4 is 30.1 Å². The van der Waals surface area contributed by atoms with Crippen LogP contribution < -0.4 is 11.1 Å². The molecule has 0 unspecified atom stereocenters. The molecule has 0 aromatic heterocycles. The number of carbonyl (C=O) groups excluding carboxylic acids is 2. The maximum absolute atomic E-state index is 11.8. The maximum Gasteiger partial charge on any atom is 0.320 e. The Morgan fingerprint density at radius 1 is 1.14 bits per heavy atom. The lowest BCUT2D eigenvalue weighted by Crippen LogP contribution is -2.30. The molecule has 4 N–H and O–H groups in total. The van der Waals surface area contributed by atoms with Crippen molar-refractivity contribution in [1.82, 2.24) is 5.32 Å². The van der Waals surface area contributed by atoms with Gasteiger partial charge in [-0.3, -0.25) is 14.4 Å². The summed E-state index contributed by atoms with van der Waals surface area (Å²) in [5.41, 5.74) is 6.43. The minimum absolute atomic E-state index is 0. The van der Waals surface area contributed by atoms with Crippen LogP contribution in [0.4, 0.5) is 0 Å². The number of nitrogens with one attached hydrogen (secondary N) is 1. The summed E-state index contributed by atoms with van der Waals surface area (Å²) in [5.74, 6) is -1.27. The van der Waals surface area contributed by atoms with E-state index in [9.17, 15) is 14.4 Å². The van der Waals surface area contributed by atoms with Crippen LogP contribution in [0, 0.1) is 0 Å². The van der Waals surface area contributed by atoms with E-state index >= 15 is 0 Å². The molecule has 7 heteroatoms. The van der Waals surface area contributed by atoms with Crippen LogP contribution in [-0.4, -0.2) is 35.4 Å². The second kappa shape index (κ2) is 9.92. The van der Waals surface area contributed by atoms with Crippen molar-refractivity contribution in [3.05, 3.63) is 35.4 Å². The predicted molar refractivity (Wildman–Crippen MR) is 85.5 cm³/mol. The molecule has 0 aliphatic heterocycles. The van der Waals surface area contributed by atoms with Gasteiger partial charge in [0.25, 0.3) is 5.91 Å². The van der Waals surface area contributed by atoms with Crippen molar-refractivity contribution in [2.24, 2.45) is 5.73 Å². The van der Waals surface area contributed by atoms with Crippen LogP contribution in [0.15, 0.2) is 24.3 Å². The van der Waals surface area contributed by atoms with E-state index in [0.29, 0.717) is 36.9 Å². The van der Waals surface area contributed by atoms with E-state index in [2.05, 4.69) is 5.32 Å². The standard InChI is InChI=1S/C15H20N2O4.ClH/c1-10(18)11-5-7-12(8-6-11)14(19)17-9-3-2-4-13(16)15(20)21;/h5-8,13H,2-4,9,16H2,1H3,(H,17,19)(H,20,21);1H/t13-;/m0./s1. The lowest BCUT2D eigenvalue weighted by Gasteiger charge is -2.07. The van der Waals surface area contributed by atoms with Crippen LogP contribution >= 0.6 is 12.4 Å². The molecule has 1 amide bonds. The highest BCUT2D eigenvalue weighted by Crippen LogP contribution is 2.05. The number of unbranched alkanes of at least 4 members (excludes halogenated alkanes) is 1. The third kappa shape index (κ3) is 6.69. The highest BCUT2D eigenvalue weighted by molar-refractivity contribution is 5.97. The highest BCUT2D eigenvalue weighted by Gasteiger charge is 2.10. The zero-order valence-corrected chi connectivity index (χ0v) is 13.2. The zero-order valence-electron chi connectivity index (χ0n) is 12.4. The Morgan fingerprint density at radius 2 is 1.68 bits per heavy atom. The Hall–Kier alpha value is -1.92. The zero-order chi connectivity index (χ0) is 15.8. The highest BCUT2D eigenvalue weighted by atomic mass is 35.5. The van der Waals surface area contributed by atoms with Gasteiger partial charge in [-0.25, -0.2) is 0 Å². The number of aliphatic carboxylic acids is 1. The van der Waals surface area contributed by atoms with Crippen LogP contribution in [0.2, 0.25) is 0 Å². The van der Waals surface area contributed by atoms with Gasteiger partial charge in [0.1, 0.15) is 6.04 Å². The van der Waals surface area contributed by atoms with Gasteiger partial charge in [-0.05, 0) is 38.3 Å². The molecule has 1 atom stereocenters. The smallest absolute Gasteiger partial charge is 0.320 e. The average Bonchev–Trinajstić information content (AvgIpc) is 2.46. The van der Waals surface area contributed by atoms with Gasteiger partial charge in [0.15, 0.2) is 5.78 Å². The van der Waals surface area contributed by atoms with E-state index in [-0.39, 0.29) is 24.1 Å². The van der Waals surface area contributed by atoms with Crippen molar-refractivity contribution in [3.63, 3.8) is 0 Å². The van der Waals surface area contributed by atoms with E-state index in [0.717, 1.165) is 0 Å². The third-order valence-electron chi connectivity index (χ3n) is 3.10. The van der Waals surface area contributed by atoms with Gasteiger partial charge in [-0.1, -0.05) is 12.1 Å². The third-order valence-corrected chi connectivity index (χ3v) is 3.10. The molecule has 22 heavy (non-hydrogen) atoms. The number of rotatable bonds is 8. The lowest BCUT2D eigenvalue weighted by molar-refractivity contribution is -0.138. The summed E-state index contributed by atoms with van der Waals surface area (Å²) < 4.78 is 0. The molecule has 1 aromatic carbocycles. The van der Waals surface area contributed by atoms with Gasteiger partial charge < -0.3 is 16.2 Å². The Bertz CT molecular complexity index is 517. The molecule has 0 bridgehead atoms. The van der Waals surface area contributed by atoms with Gasteiger partial charge >= 0.3 is 5.97 Å². The number of carboxylic acid groups (broad SMARTS) is 1. The number of hydrogen-bond donors (Lipinski definition) is 3. The second-order valence-corrected chi connectivity index (χ2v) is 4.83. The molecular weight excluding hydrogens is 308 g/mol. The number of hydrogen-bond acceptors (Lipinski definition) is 4. The summed E-state index contributed by atoms with van der Waals surface area (Å²) in [6.45, 7) is 1.93. The van der Waals surface area contributed by atoms with E-state index < -0.39 is 12.0 Å². The summed E-state index contributed by atoms with van der Waals surface area (Å²) in [5, 5.41) is 11.4. The van der Waals surface area contributed by atoms with Gasteiger partial charge in [0.05, 0.1) is 0 Å². The molecule has 0 saturated heterocycles. The Labute approximate surface area is 135 Å². The SMILES string of the molecule is CC(=O)c1ccc(C(=O)NCCCC[C@H](N)C(=O)O)cc1.Cl. The molecule has 122 valence electrons. The number of amides is 1. The molecule has 0 heterocycles. The molecule has 0 saturated carbocycles. The molecule has 1 rings (SSSR count). The monoisotopic (exact) mass is 328 g/mol. The summed E-state index contributed by atoms with van der Waals surface area (Å²) in [6.07, 6.45) is 1.69. The summed E-state index contributed by atoms with van der Waals surface area (Å²) >= 11 is 0. The van der Waals surface area contributed by atoms with Gasteiger partial charge in [0.2, 0.25) is 0 Å². The molecule has 0 spiro atoms. The number of carboxylic acids is 1. The topological polar surface area (TPSA) is 109 Å². The molecule has 0 radical (unpaired) electrons. The van der Waals surface area contributed by atoms with Gasteiger partial charge in [0, 0.05) is 17.7 Å². The van der Waals surface area contributed by atoms with Crippen molar-refractivity contribution < 1.29 is 19.5 Å². The van der Waals surface area contributed by atoms with Crippen LogP contribution in [0.1, 0.15) is 46.9 Å². The molecule has 0 fully saturated rings. The largest absolute Gasteiger partial charge is 0.480 e. The Morgan fingerprint density at radius 3 is 2.18 bits per heavy atom. The first kappa shape index (κ1) is 20.1. The summed E-state index contributed by atoms with van der Waals surface area (Å²) in [6, 6.07) is 5.59. The molecule has 6 nitrogen and oxygen atoms in total. The number of Topliss-reactive ketones (excluding diaryl/α,β-unsaturated/α-hetero) is 1. The van der Waals surface area contributed by atoms with Gasteiger partial charge in [-0.2, -0.15) is 0 Å². The Balaban J connectivity index is 0.00000441. The second-order valence-electron chi connectivity index (χ2n) is 4.83. The van der Waals surface area contributed by atoms with Gasteiger partial charge in [-0.15, -0.1) is 12.4 Å². The van der Waals surface area contributed by atoms with E-state index in [4.69, 9.17) is 10.8 Å². The number of benzene rings is 1. The lowest BCUT2D eigenvalue weighted by atomic mass is 10.1. The first-order chi connectivity index (χ1) is 9.91. The average molecular weight is 329 g/mol. The molecule has 1 aromatic rings. The van der Waals surface area contributed by atoms with E-state index in [1.54, 1.807) is 24.3 Å². The fourth-order valence-corrected chi connectivity index (χ4v) is 1.77. The maximum atomic E-state index is 11.8. The summed E-state index contributed by atoms with van der Waals surface area (Å²) in [7, 11) is 0. The minimum atomic E-state index is -1.01. The first-order valence-electron chi connectivity index (χ1n) is 6.79. The van der Waals surface area contributed by atoms with Crippen molar-refractivity contribution in [2.45, 2.75) is 32.2 Å². The van der Waals surface area contributed by atoms with E-state index in [1.807, 2.05) is 0 Å². The van der Waals surface area contributed by atoms with E-state index in [1.165, 1.54) is 6.92 Å². The normalized spacial score (nSPS) is 11.2. The fraction of sp³-hybridized carbons (Fsp3) is 0.400. The fourth-order valence-electron chi connectivity index (χ4n) is 1.77. The van der Waals surface area contributed by atoms with Crippen LogP contribution in [0.3, 0.4) is 0 Å². The predicted octanol–water partition coefficient (Wildman–Crippen LogP) is 1.62. The number of halogens is 1. The first-order valence-corrected chi connectivity index (χ1v) is 6.79. The number of nitrogens with two attached hydrogens (primary N) is 1. The Kier molecular flexibility index (Phi) is 9.05. The molecular formula is C15H21ClN2O4. The quantitative estimate of drug-likeness (QED) is 0.496. The summed E-state index contributed by atoms with van der Waals surface area (Å²) in [4.78, 5) is 33.4.